The third-order valence-corrected chi connectivity index (χ3v) is 5.52. The molecule has 0 saturated carbocycles. The van der Waals surface area contributed by atoms with Crippen LogP contribution in [0.2, 0.25) is 0 Å². The molecule has 0 spiro atoms. The number of benzene rings is 1. The van der Waals surface area contributed by atoms with Crippen molar-refractivity contribution in [2.24, 2.45) is 4.99 Å². The quantitative estimate of drug-likeness (QED) is 0.204. The van der Waals surface area contributed by atoms with E-state index in [0.717, 1.165) is 18.5 Å². The number of hydrogen-bond acceptors (Lipinski definition) is 2. The Morgan fingerprint density at radius 3 is 2.55 bits per heavy atom. The van der Waals surface area contributed by atoms with Crippen LogP contribution in [0.1, 0.15) is 58.2 Å². The van der Waals surface area contributed by atoms with E-state index in [0.29, 0.717) is 5.66 Å². The van der Waals surface area contributed by atoms with E-state index in [4.69, 9.17) is 0 Å². The average molecular weight is 435 g/mol. The Labute approximate surface area is 192 Å². The molecule has 0 aromatic heterocycles. The molecule has 1 rings (SSSR count). The Morgan fingerprint density at radius 2 is 1.90 bits per heavy atom. The first-order chi connectivity index (χ1) is 14.8. The largest absolute Gasteiger partial charge is 0.379 e. The summed E-state index contributed by atoms with van der Waals surface area (Å²) in [7, 11) is 2.82. The van der Waals surface area contributed by atoms with E-state index in [2.05, 4.69) is 116 Å². The van der Waals surface area contributed by atoms with E-state index < -0.39 is 0 Å². The maximum atomic E-state index is 4.17. The fraction of sp³-hybridized carbons (Fsp3) is 0.321. The van der Waals surface area contributed by atoms with Crippen molar-refractivity contribution in [2.45, 2.75) is 59.2 Å². The van der Waals surface area contributed by atoms with Gasteiger partial charge in [0, 0.05) is 17.9 Å². The molecule has 0 aliphatic heterocycles. The molecule has 0 aliphatic carbocycles. The number of nitrogens with one attached hydrogen (secondary N) is 1. The highest BCUT2D eigenvalue weighted by molar-refractivity contribution is 7.18. The van der Waals surface area contributed by atoms with Gasteiger partial charge in [-0.25, -0.2) is 0 Å². The smallest absolute Gasteiger partial charge is 0.0485 e. The summed E-state index contributed by atoms with van der Waals surface area (Å²) >= 11 is 0. The number of hydrogen-bond donors (Lipinski definition) is 1. The Hall–Kier alpha value is -2.44. The molecule has 3 unspecified atom stereocenters. The summed E-state index contributed by atoms with van der Waals surface area (Å²) < 4.78 is 0. The van der Waals surface area contributed by atoms with Crippen LogP contribution in [-0.4, -0.2) is 12.4 Å². The van der Waals surface area contributed by atoms with Crippen LogP contribution < -0.4 is 5.32 Å². The summed E-state index contributed by atoms with van der Waals surface area (Å²) in [6.45, 7) is 18.4. The topological polar surface area (TPSA) is 24.4 Å². The van der Waals surface area contributed by atoms with Crippen LogP contribution in [0.5, 0.6) is 0 Å². The lowest BCUT2D eigenvalue weighted by Crippen LogP contribution is -2.16. The van der Waals surface area contributed by atoms with Crippen LogP contribution in [0.15, 0.2) is 101 Å². The molecule has 0 aliphatic rings. The third kappa shape index (κ3) is 10.9. The minimum absolute atomic E-state index is 0.172. The standard InChI is InChI=1S/C28H39N2P/c1-8-10-26(17-18-29-7)19-27-11-9-12-28(20-27)24(5)30-23(4)16-14-21(2)13-15-22(3)25(6)31/h9-18,20,24-25,30H,4,7-8,19,31H2,1-3,5-6H3/b16-14+,18-17-,21-13+,22-15-,26-10+. The first-order valence-corrected chi connectivity index (χ1v) is 11.6. The molecule has 0 fully saturated rings. The van der Waals surface area contributed by atoms with Gasteiger partial charge in [-0.1, -0.05) is 80.1 Å². The molecule has 1 aromatic rings. The first kappa shape index (κ1) is 26.6. The lowest BCUT2D eigenvalue weighted by atomic mass is 9.99. The van der Waals surface area contributed by atoms with Gasteiger partial charge < -0.3 is 5.32 Å². The minimum atomic E-state index is 0.172. The van der Waals surface area contributed by atoms with Crippen LogP contribution in [0.3, 0.4) is 0 Å². The molecular weight excluding hydrogens is 395 g/mol. The van der Waals surface area contributed by atoms with Gasteiger partial charge in [0.25, 0.3) is 0 Å². The molecule has 0 saturated heterocycles. The van der Waals surface area contributed by atoms with Crippen molar-refractivity contribution < 1.29 is 0 Å². The van der Waals surface area contributed by atoms with Crippen molar-refractivity contribution in [3.63, 3.8) is 0 Å². The fourth-order valence-electron chi connectivity index (χ4n) is 2.93. The van der Waals surface area contributed by atoms with Crippen molar-refractivity contribution in [3.05, 3.63) is 107 Å². The van der Waals surface area contributed by atoms with Gasteiger partial charge in [0.15, 0.2) is 0 Å². The molecule has 0 amide bonds. The number of aliphatic imine (C=N–C) groups is 1. The van der Waals surface area contributed by atoms with Crippen LogP contribution in [0, 0.1) is 0 Å². The predicted molar refractivity (Wildman–Crippen MR) is 144 cm³/mol. The van der Waals surface area contributed by atoms with Crippen LogP contribution >= 0.6 is 9.24 Å². The molecule has 3 atom stereocenters. The Kier molecular flexibility index (Phi) is 12.5. The second-order valence-electron chi connectivity index (χ2n) is 7.94. The normalized spacial score (nSPS) is 15.4. The van der Waals surface area contributed by atoms with Crippen LogP contribution in [0.4, 0.5) is 0 Å². The van der Waals surface area contributed by atoms with E-state index in [1.165, 1.54) is 27.8 Å². The van der Waals surface area contributed by atoms with Crippen molar-refractivity contribution >= 4 is 16.0 Å². The average Bonchev–Trinajstić information content (AvgIpc) is 2.74. The van der Waals surface area contributed by atoms with Gasteiger partial charge in [-0.05, 0) is 74.8 Å². The van der Waals surface area contributed by atoms with Gasteiger partial charge in [0.1, 0.15) is 0 Å². The highest BCUT2D eigenvalue weighted by Gasteiger charge is 2.06. The molecular formula is C28H39N2P. The molecule has 3 heteroatoms. The van der Waals surface area contributed by atoms with Gasteiger partial charge in [-0.2, -0.15) is 0 Å². The second kappa shape index (κ2) is 14.5. The van der Waals surface area contributed by atoms with E-state index in [-0.39, 0.29) is 6.04 Å². The summed E-state index contributed by atoms with van der Waals surface area (Å²) in [5, 5.41) is 3.50. The van der Waals surface area contributed by atoms with Crippen molar-refractivity contribution in [1.29, 1.82) is 0 Å². The fourth-order valence-corrected chi connectivity index (χ4v) is 3.04. The molecule has 0 heterocycles. The molecule has 0 bridgehead atoms. The van der Waals surface area contributed by atoms with Gasteiger partial charge in [0.05, 0.1) is 0 Å². The maximum Gasteiger partial charge on any atom is 0.0485 e. The first-order valence-electron chi connectivity index (χ1n) is 10.9. The minimum Gasteiger partial charge on any atom is -0.379 e. The highest BCUT2D eigenvalue weighted by atomic mass is 31.0. The zero-order chi connectivity index (χ0) is 23.2. The van der Waals surface area contributed by atoms with Crippen molar-refractivity contribution in [1.82, 2.24) is 5.32 Å². The number of rotatable bonds is 12. The van der Waals surface area contributed by atoms with E-state index >= 15 is 0 Å². The molecule has 2 nitrogen and oxygen atoms in total. The van der Waals surface area contributed by atoms with Crippen LogP contribution in [-0.2, 0) is 6.42 Å². The third-order valence-electron chi connectivity index (χ3n) is 5.00. The Morgan fingerprint density at radius 1 is 1.16 bits per heavy atom. The summed E-state index contributed by atoms with van der Waals surface area (Å²) in [6, 6.07) is 8.88. The van der Waals surface area contributed by atoms with Gasteiger partial charge >= 0.3 is 0 Å². The number of allylic oxidation sites excluding steroid dienone is 9. The van der Waals surface area contributed by atoms with Gasteiger partial charge in [0.2, 0.25) is 0 Å². The van der Waals surface area contributed by atoms with Gasteiger partial charge in [-0.15, -0.1) is 9.24 Å². The van der Waals surface area contributed by atoms with E-state index in [9.17, 15) is 0 Å². The number of nitrogens with zero attached hydrogens (tertiary/aromatic N) is 1. The highest BCUT2D eigenvalue weighted by Crippen LogP contribution is 2.19. The lowest BCUT2D eigenvalue weighted by molar-refractivity contribution is 0.666. The SMILES string of the molecule is C=N/C=C\C(=C/CC)Cc1cccc(C(C)NC(=C)/C=C/C(C)=C/C=C(/C)C(C)P)c1. The summed E-state index contributed by atoms with van der Waals surface area (Å²) in [5.74, 6) is 0. The predicted octanol–water partition coefficient (Wildman–Crippen LogP) is 7.66. The molecule has 31 heavy (non-hydrogen) atoms. The van der Waals surface area contributed by atoms with E-state index in [1.807, 2.05) is 12.2 Å². The van der Waals surface area contributed by atoms with Crippen molar-refractivity contribution in [3.8, 4) is 0 Å². The Balaban J connectivity index is 2.79. The van der Waals surface area contributed by atoms with Gasteiger partial charge in [-0.3, -0.25) is 4.99 Å². The molecule has 166 valence electrons. The second-order valence-corrected chi connectivity index (χ2v) is 8.94. The zero-order valence-electron chi connectivity index (χ0n) is 19.9. The monoisotopic (exact) mass is 434 g/mol. The molecule has 1 N–H and O–H groups in total. The summed E-state index contributed by atoms with van der Waals surface area (Å²) in [5.41, 5.74) is 7.71. The van der Waals surface area contributed by atoms with Crippen LogP contribution in [0.25, 0.3) is 0 Å². The zero-order valence-corrected chi connectivity index (χ0v) is 21.0. The van der Waals surface area contributed by atoms with Crippen molar-refractivity contribution in [2.75, 3.05) is 0 Å². The lowest BCUT2D eigenvalue weighted by Gasteiger charge is -2.17. The molecule has 1 aromatic carbocycles. The Bertz CT molecular complexity index is 882. The summed E-state index contributed by atoms with van der Waals surface area (Å²) in [4.78, 5) is 3.83. The summed E-state index contributed by atoms with van der Waals surface area (Å²) in [6.07, 6.45) is 16.3. The maximum absolute atomic E-state index is 4.17. The molecule has 0 radical (unpaired) electrons. The van der Waals surface area contributed by atoms with E-state index in [1.54, 1.807) is 6.20 Å².